The summed E-state index contributed by atoms with van der Waals surface area (Å²) in [6.07, 6.45) is 1.73. The standard InChI is InChI=1S/C21H18Cl2N4OS/c1-13-16-10-19(29-21(16)26(2)25-13)20(28)27(12-15-5-3-4-8-24-15)11-14-6-7-17(22)18(23)9-14/h3-10H,11-12H2,1-2H3. The van der Waals surface area contributed by atoms with Gasteiger partial charge in [-0.2, -0.15) is 5.10 Å². The zero-order valence-electron chi connectivity index (χ0n) is 15.9. The molecule has 3 heterocycles. The van der Waals surface area contributed by atoms with Gasteiger partial charge in [0.25, 0.3) is 5.91 Å². The summed E-state index contributed by atoms with van der Waals surface area (Å²) in [5.41, 5.74) is 2.64. The van der Waals surface area contributed by atoms with E-state index in [1.54, 1.807) is 23.2 Å². The summed E-state index contributed by atoms with van der Waals surface area (Å²) in [6.45, 7) is 2.74. The Bertz CT molecular complexity index is 1150. The van der Waals surface area contributed by atoms with Crippen molar-refractivity contribution in [3.8, 4) is 0 Å². The summed E-state index contributed by atoms with van der Waals surface area (Å²) in [4.78, 5) is 21.2. The lowest BCUT2D eigenvalue weighted by molar-refractivity contribution is 0.0733. The van der Waals surface area contributed by atoms with Gasteiger partial charge in [0.1, 0.15) is 4.83 Å². The quantitative estimate of drug-likeness (QED) is 0.408. The first-order chi connectivity index (χ1) is 13.9. The summed E-state index contributed by atoms with van der Waals surface area (Å²) in [5, 5.41) is 6.38. The van der Waals surface area contributed by atoms with Crippen LogP contribution in [0.1, 0.15) is 26.6 Å². The van der Waals surface area contributed by atoms with Gasteiger partial charge >= 0.3 is 0 Å². The predicted molar refractivity (Wildman–Crippen MR) is 118 cm³/mol. The summed E-state index contributed by atoms with van der Waals surface area (Å²) < 4.78 is 1.81. The van der Waals surface area contributed by atoms with E-state index < -0.39 is 0 Å². The zero-order valence-corrected chi connectivity index (χ0v) is 18.2. The average Bonchev–Trinajstić information content (AvgIpc) is 3.26. The van der Waals surface area contributed by atoms with Gasteiger partial charge in [-0.25, -0.2) is 0 Å². The smallest absolute Gasteiger partial charge is 0.264 e. The topological polar surface area (TPSA) is 51.0 Å². The van der Waals surface area contributed by atoms with Crippen molar-refractivity contribution in [2.24, 2.45) is 7.05 Å². The van der Waals surface area contributed by atoms with Gasteiger partial charge in [-0.15, -0.1) is 11.3 Å². The van der Waals surface area contributed by atoms with Crippen molar-refractivity contribution in [3.05, 3.63) is 80.5 Å². The number of aryl methyl sites for hydroxylation is 2. The Kier molecular flexibility index (Phi) is 5.58. The van der Waals surface area contributed by atoms with E-state index in [9.17, 15) is 4.79 Å². The second kappa shape index (κ2) is 8.14. The molecule has 0 aliphatic heterocycles. The lowest BCUT2D eigenvalue weighted by Gasteiger charge is -2.22. The van der Waals surface area contributed by atoms with Gasteiger partial charge in [-0.05, 0) is 42.8 Å². The Labute approximate surface area is 182 Å². The molecule has 29 heavy (non-hydrogen) atoms. The normalized spacial score (nSPS) is 11.2. The number of carbonyl (C=O) groups excluding carboxylic acids is 1. The van der Waals surface area contributed by atoms with Crippen LogP contribution in [-0.4, -0.2) is 25.6 Å². The highest BCUT2D eigenvalue weighted by Gasteiger charge is 2.22. The Hall–Kier alpha value is -2.41. The van der Waals surface area contributed by atoms with Crippen LogP contribution < -0.4 is 0 Å². The molecule has 0 saturated heterocycles. The lowest BCUT2D eigenvalue weighted by atomic mass is 10.2. The van der Waals surface area contributed by atoms with E-state index in [2.05, 4.69) is 10.1 Å². The molecule has 0 spiro atoms. The van der Waals surface area contributed by atoms with Crippen LogP contribution >= 0.6 is 34.5 Å². The maximum absolute atomic E-state index is 13.4. The van der Waals surface area contributed by atoms with Gasteiger partial charge in [-0.3, -0.25) is 14.5 Å². The van der Waals surface area contributed by atoms with Crippen LogP contribution in [0.3, 0.4) is 0 Å². The Morgan fingerprint density at radius 3 is 2.66 bits per heavy atom. The fourth-order valence-electron chi connectivity index (χ4n) is 3.21. The summed E-state index contributed by atoms with van der Waals surface area (Å²) in [7, 11) is 1.89. The SMILES string of the molecule is Cc1nn(C)c2sc(C(=O)N(Cc3ccc(Cl)c(Cl)c3)Cc3ccccn3)cc12. The number of benzene rings is 1. The van der Waals surface area contributed by atoms with E-state index in [-0.39, 0.29) is 5.91 Å². The fraction of sp³-hybridized carbons (Fsp3) is 0.190. The maximum atomic E-state index is 13.4. The van der Waals surface area contributed by atoms with Crippen LogP contribution in [0.5, 0.6) is 0 Å². The molecule has 0 atom stereocenters. The average molecular weight is 445 g/mol. The zero-order chi connectivity index (χ0) is 20.5. The number of thiophene rings is 1. The highest BCUT2D eigenvalue weighted by molar-refractivity contribution is 7.20. The molecule has 0 saturated carbocycles. The van der Waals surface area contributed by atoms with Crippen LogP contribution in [0.4, 0.5) is 0 Å². The molecule has 0 unspecified atom stereocenters. The molecule has 4 aromatic rings. The van der Waals surface area contributed by atoms with Crippen LogP contribution in [-0.2, 0) is 20.1 Å². The molecule has 8 heteroatoms. The predicted octanol–water partition coefficient (Wildman–Crippen LogP) is 5.49. The Morgan fingerprint density at radius 1 is 1.14 bits per heavy atom. The number of hydrogen-bond acceptors (Lipinski definition) is 4. The molecule has 5 nitrogen and oxygen atoms in total. The first-order valence-electron chi connectivity index (χ1n) is 8.98. The van der Waals surface area contributed by atoms with Crippen molar-refractivity contribution in [1.29, 1.82) is 0 Å². The van der Waals surface area contributed by atoms with E-state index in [1.165, 1.54) is 11.3 Å². The van der Waals surface area contributed by atoms with Crippen molar-refractivity contribution in [2.45, 2.75) is 20.0 Å². The number of hydrogen-bond donors (Lipinski definition) is 0. The van der Waals surface area contributed by atoms with Crippen LogP contribution in [0.15, 0.2) is 48.7 Å². The molecule has 0 fully saturated rings. The van der Waals surface area contributed by atoms with Gasteiger partial charge < -0.3 is 4.90 Å². The van der Waals surface area contributed by atoms with Crippen LogP contribution in [0, 0.1) is 6.92 Å². The van der Waals surface area contributed by atoms with Crippen molar-refractivity contribution in [3.63, 3.8) is 0 Å². The highest BCUT2D eigenvalue weighted by Crippen LogP contribution is 2.30. The molecular weight excluding hydrogens is 427 g/mol. The van der Waals surface area contributed by atoms with E-state index in [4.69, 9.17) is 23.2 Å². The van der Waals surface area contributed by atoms with Gasteiger partial charge in [0.2, 0.25) is 0 Å². The fourth-order valence-corrected chi connectivity index (χ4v) is 4.62. The lowest BCUT2D eigenvalue weighted by Crippen LogP contribution is -2.30. The number of nitrogens with zero attached hydrogens (tertiary/aromatic N) is 4. The molecule has 0 N–H and O–H groups in total. The Morgan fingerprint density at radius 2 is 1.97 bits per heavy atom. The van der Waals surface area contributed by atoms with Crippen molar-refractivity contribution in [2.75, 3.05) is 0 Å². The molecule has 4 rings (SSSR count). The van der Waals surface area contributed by atoms with Crippen molar-refractivity contribution >= 4 is 50.7 Å². The number of amides is 1. The second-order valence-electron chi connectivity index (χ2n) is 6.77. The molecule has 1 aromatic carbocycles. The van der Waals surface area contributed by atoms with Gasteiger partial charge in [0.05, 0.1) is 32.9 Å². The van der Waals surface area contributed by atoms with Gasteiger partial charge in [0, 0.05) is 25.2 Å². The van der Waals surface area contributed by atoms with Crippen molar-refractivity contribution in [1.82, 2.24) is 19.7 Å². The van der Waals surface area contributed by atoms with Crippen LogP contribution in [0.2, 0.25) is 10.0 Å². The Balaban J connectivity index is 1.68. The molecule has 0 bridgehead atoms. The maximum Gasteiger partial charge on any atom is 0.264 e. The monoisotopic (exact) mass is 444 g/mol. The molecule has 148 valence electrons. The first-order valence-corrected chi connectivity index (χ1v) is 10.6. The summed E-state index contributed by atoms with van der Waals surface area (Å²) in [6, 6.07) is 13.0. The largest absolute Gasteiger partial charge is 0.328 e. The third-order valence-corrected chi connectivity index (χ3v) is 6.56. The van der Waals surface area contributed by atoms with E-state index in [0.717, 1.165) is 27.2 Å². The number of aromatic nitrogens is 3. The third kappa shape index (κ3) is 4.15. The highest BCUT2D eigenvalue weighted by atomic mass is 35.5. The minimum atomic E-state index is -0.0534. The van der Waals surface area contributed by atoms with E-state index in [1.807, 2.05) is 49.0 Å². The van der Waals surface area contributed by atoms with Crippen LogP contribution in [0.25, 0.3) is 10.2 Å². The second-order valence-corrected chi connectivity index (χ2v) is 8.61. The molecule has 3 aromatic heterocycles. The molecule has 0 radical (unpaired) electrons. The number of halogens is 2. The first kappa shape index (κ1) is 19.9. The molecule has 1 amide bonds. The number of fused-ring (bicyclic) bond motifs is 1. The van der Waals surface area contributed by atoms with Crippen molar-refractivity contribution < 1.29 is 4.79 Å². The molecule has 0 aliphatic carbocycles. The number of carbonyl (C=O) groups is 1. The molecular formula is C21H18Cl2N4OS. The summed E-state index contributed by atoms with van der Waals surface area (Å²) in [5.74, 6) is -0.0534. The number of pyridine rings is 1. The van der Waals surface area contributed by atoms with Gasteiger partial charge in [-0.1, -0.05) is 35.3 Å². The van der Waals surface area contributed by atoms with Gasteiger partial charge in [0.15, 0.2) is 0 Å². The summed E-state index contributed by atoms with van der Waals surface area (Å²) >= 11 is 13.7. The van der Waals surface area contributed by atoms with E-state index >= 15 is 0 Å². The third-order valence-electron chi connectivity index (χ3n) is 4.63. The molecule has 0 aliphatic rings. The van der Waals surface area contributed by atoms with E-state index in [0.29, 0.717) is 28.0 Å². The minimum absolute atomic E-state index is 0.0534. The number of rotatable bonds is 5. The minimum Gasteiger partial charge on any atom is -0.328 e.